The van der Waals surface area contributed by atoms with Crippen LogP contribution in [-0.4, -0.2) is 43.5 Å². The number of nitrogens with zero attached hydrogens (tertiary/aromatic N) is 5. The molecule has 0 saturated heterocycles. The van der Waals surface area contributed by atoms with Crippen LogP contribution in [0.1, 0.15) is 23.1 Å². The fourth-order valence-corrected chi connectivity index (χ4v) is 2.04. The number of carbonyl (C=O) groups excluding carboxylic acids is 2. The summed E-state index contributed by atoms with van der Waals surface area (Å²) in [5, 5.41) is 21.4. The molecule has 1 N–H and O–H groups in total. The number of hydrogen-bond donors (Lipinski definition) is 1. The highest BCUT2D eigenvalue weighted by Crippen LogP contribution is 2.16. The highest BCUT2D eigenvalue weighted by molar-refractivity contribution is 5.99. The van der Waals surface area contributed by atoms with Gasteiger partial charge in [0.1, 0.15) is 0 Å². The van der Waals surface area contributed by atoms with Gasteiger partial charge in [-0.3, -0.25) is 9.48 Å². The molecule has 0 radical (unpaired) electrons. The zero-order valence-corrected chi connectivity index (χ0v) is 13.3. The number of hydrogen-bond acceptors (Lipinski definition) is 7. The monoisotopic (exact) mass is 336 g/mol. The van der Waals surface area contributed by atoms with Gasteiger partial charge < -0.3 is 20.2 Å². The van der Waals surface area contributed by atoms with Crippen molar-refractivity contribution in [3.8, 4) is 0 Å². The summed E-state index contributed by atoms with van der Waals surface area (Å²) in [5.41, 5.74) is 0.544. The molecule has 0 spiro atoms. The molecule has 1 amide bonds. The molecule has 2 aromatic heterocycles. The molecule has 0 bridgehead atoms. The van der Waals surface area contributed by atoms with Crippen molar-refractivity contribution in [2.75, 3.05) is 12.4 Å². The second kappa shape index (κ2) is 6.89. The number of amides is 1. The maximum atomic E-state index is 12.1. The lowest BCUT2D eigenvalue weighted by atomic mass is 10.3. The van der Waals surface area contributed by atoms with Gasteiger partial charge >= 0.3 is 11.8 Å². The molecule has 0 saturated carbocycles. The number of esters is 1. The summed E-state index contributed by atoms with van der Waals surface area (Å²) in [6.07, 6.45) is 1.48. The average Bonchev–Trinajstić information content (AvgIpc) is 3.09. The van der Waals surface area contributed by atoms with Crippen molar-refractivity contribution in [1.29, 1.82) is 0 Å². The van der Waals surface area contributed by atoms with Gasteiger partial charge in [-0.15, -0.1) is 4.68 Å². The smallest absolute Gasteiger partial charge is 0.360 e. The lowest BCUT2D eigenvalue weighted by molar-refractivity contribution is -0.392. The van der Waals surface area contributed by atoms with E-state index in [1.807, 2.05) is 6.92 Å². The molecule has 11 heteroatoms. The van der Waals surface area contributed by atoms with E-state index in [4.69, 9.17) is 0 Å². The van der Waals surface area contributed by atoms with E-state index >= 15 is 0 Å². The van der Waals surface area contributed by atoms with Crippen molar-refractivity contribution in [3.05, 3.63) is 33.8 Å². The number of methoxy groups -OCH3 is 1. The predicted octanol–water partition coefficient (Wildman–Crippen LogP) is 0.741. The molecule has 0 fully saturated rings. The predicted molar refractivity (Wildman–Crippen MR) is 81.5 cm³/mol. The molecule has 2 aromatic rings. The first kappa shape index (κ1) is 17.1. The van der Waals surface area contributed by atoms with Crippen molar-refractivity contribution in [2.24, 2.45) is 0 Å². The second-order valence-electron chi connectivity index (χ2n) is 4.85. The van der Waals surface area contributed by atoms with E-state index in [0.717, 1.165) is 4.68 Å². The van der Waals surface area contributed by atoms with Crippen molar-refractivity contribution in [3.63, 3.8) is 0 Å². The van der Waals surface area contributed by atoms with Gasteiger partial charge in [-0.2, -0.15) is 5.10 Å². The number of ether oxygens (including phenoxy) is 1. The van der Waals surface area contributed by atoms with Gasteiger partial charge in [0.2, 0.25) is 0 Å². The van der Waals surface area contributed by atoms with Crippen LogP contribution in [0.25, 0.3) is 0 Å². The molecule has 128 valence electrons. The molecule has 2 rings (SSSR count). The third-order valence-corrected chi connectivity index (χ3v) is 3.10. The third kappa shape index (κ3) is 3.56. The van der Waals surface area contributed by atoms with Crippen LogP contribution in [0.4, 0.5) is 11.5 Å². The number of rotatable bonds is 6. The second-order valence-corrected chi connectivity index (χ2v) is 4.85. The number of anilines is 1. The molecule has 0 atom stereocenters. The minimum absolute atomic E-state index is 0.0427. The molecule has 0 unspecified atom stereocenters. The van der Waals surface area contributed by atoms with Gasteiger partial charge in [-0.05, 0) is 18.8 Å². The van der Waals surface area contributed by atoms with E-state index in [9.17, 15) is 19.7 Å². The Morgan fingerprint density at radius 2 is 2.12 bits per heavy atom. The Hall–Kier alpha value is -3.24. The van der Waals surface area contributed by atoms with Gasteiger partial charge in [0, 0.05) is 12.7 Å². The summed E-state index contributed by atoms with van der Waals surface area (Å²) in [6, 6.07) is 1.27. The molecule has 24 heavy (non-hydrogen) atoms. The van der Waals surface area contributed by atoms with E-state index < -0.39 is 16.8 Å². The van der Waals surface area contributed by atoms with Crippen LogP contribution in [0.3, 0.4) is 0 Å². The van der Waals surface area contributed by atoms with E-state index in [1.165, 1.54) is 24.1 Å². The van der Waals surface area contributed by atoms with Crippen molar-refractivity contribution >= 4 is 23.4 Å². The SMILES string of the molecule is CCn1cc(NC(=O)Cn2nc(C)cc2[N+](=O)[O-])c(C(=O)OC)n1. The average molecular weight is 336 g/mol. The van der Waals surface area contributed by atoms with Gasteiger partial charge in [0.15, 0.2) is 12.2 Å². The summed E-state index contributed by atoms with van der Waals surface area (Å²) < 4.78 is 7.06. The van der Waals surface area contributed by atoms with E-state index in [0.29, 0.717) is 12.2 Å². The maximum Gasteiger partial charge on any atom is 0.360 e. The molecule has 0 aliphatic carbocycles. The van der Waals surface area contributed by atoms with E-state index in [-0.39, 0.29) is 23.7 Å². The summed E-state index contributed by atoms with van der Waals surface area (Å²) >= 11 is 0. The Labute approximate surface area is 136 Å². The zero-order chi connectivity index (χ0) is 17.9. The van der Waals surface area contributed by atoms with Gasteiger partial charge in [0.05, 0.1) is 24.6 Å². The molecule has 0 aliphatic heterocycles. The summed E-state index contributed by atoms with van der Waals surface area (Å²) in [4.78, 5) is 34.2. The maximum absolute atomic E-state index is 12.1. The highest BCUT2D eigenvalue weighted by Gasteiger charge is 2.23. The van der Waals surface area contributed by atoms with Gasteiger partial charge in [-0.1, -0.05) is 5.10 Å². The number of carbonyl (C=O) groups is 2. The Morgan fingerprint density at radius 1 is 1.42 bits per heavy atom. The van der Waals surface area contributed by atoms with Crippen molar-refractivity contribution in [1.82, 2.24) is 19.6 Å². The lowest BCUT2D eigenvalue weighted by Gasteiger charge is -2.03. The molecular formula is C13H16N6O5. The topological polar surface area (TPSA) is 134 Å². The standard InChI is InChI=1S/C13H16N6O5/c1-4-17-6-9(12(16-17)13(21)24-3)14-10(20)7-18-11(19(22)23)5-8(2)15-18/h5-6H,4,7H2,1-3H3,(H,14,20). The quantitative estimate of drug-likeness (QED) is 0.467. The molecule has 0 aliphatic rings. The fraction of sp³-hybridized carbons (Fsp3) is 0.385. The Balaban J connectivity index is 2.20. The van der Waals surface area contributed by atoms with Crippen LogP contribution in [0.2, 0.25) is 0 Å². The summed E-state index contributed by atoms with van der Waals surface area (Å²) in [6.45, 7) is 3.52. The number of nitrogens with one attached hydrogen (secondary N) is 1. The third-order valence-electron chi connectivity index (χ3n) is 3.10. The van der Waals surface area contributed by atoms with Crippen LogP contribution < -0.4 is 5.32 Å². The van der Waals surface area contributed by atoms with Crippen molar-refractivity contribution in [2.45, 2.75) is 26.9 Å². The van der Waals surface area contributed by atoms with Gasteiger partial charge in [-0.25, -0.2) is 4.79 Å². The van der Waals surface area contributed by atoms with Crippen LogP contribution in [0, 0.1) is 17.0 Å². The highest BCUT2D eigenvalue weighted by atomic mass is 16.6. The van der Waals surface area contributed by atoms with Crippen LogP contribution in [0.15, 0.2) is 12.3 Å². The molecule has 11 nitrogen and oxygen atoms in total. The summed E-state index contributed by atoms with van der Waals surface area (Å²) in [7, 11) is 1.20. The Bertz CT molecular complexity index is 793. The number of nitro groups is 1. The largest absolute Gasteiger partial charge is 0.464 e. The molecular weight excluding hydrogens is 320 g/mol. The van der Waals surface area contributed by atoms with Gasteiger partial charge in [0.25, 0.3) is 5.91 Å². The number of aromatic nitrogens is 4. The van der Waals surface area contributed by atoms with E-state index in [1.54, 1.807) is 6.92 Å². The molecule has 0 aromatic carbocycles. The van der Waals surface area contributed by atoms with Crippen LogP contribution >= 0.6 is 0 Å². The Morgan fingerprint density at radius 3 is 2.71 bits per heavy atom. The van der Waals surface area contributed by atoms with E-state index in [2.05, 4.69) is 20.3 Å². The fourth-order valence-electron chi connectivity index (χ4n) is 2.04. The summed E-state index contributed by atoms with van der Waals surface area (Å²) in [5.74, 6) is -1.57. The number of aryl methyl sites for hydroxylation is 2. The minimum atomic E-state index is -0.696. The molecule has 2 heterocycles. The van der Waals surface area contributed by atoms with Crippen molar-refractivity contribution < 1.29 is 19.2 Å². The minimum Gasteiger partial charge on any atom is -0.464 e. The van der Waals surface area contributed by atoms with Crippen LogP contribution in [-0.2, 0) is 22.6 Å². The van der Waals surface area contributed by atoms with Crippen LogP contribution in [0.5, 0.6) is 0 Å². The lowest BCUT2D eigenvalue weighted by Crippen LogP contribution is -2.21. The first-order valence-electron chi connectivity index (χ1n) is 7.00. The normalized spacial score (nSPS) is 10.5. The first-order chi connectivity index (χ1) is 11.3. The first-order valence-corrected chi connectivity index (χ1v) is 7.00. The Kier molecular flexibility index (Phi) is 4.92. The zero-order valence-electron chi connectivity index (χ0n) is 13.3.